The first-order valence-corrected chi connectivity index (χ1v) is 10.4. The Hall–Kier alpha value is -3.39. The smallest absolute Gasteiger partial charge is 0.339 e. The standard InChI is InChI=1S/C23H21FN2O4S/c1-14-10-19(15(2)26(14)17-7-5-6-16(24)11-17)20(27)12-30-23(29)18-8-3-4-9-21(18)31-13-22(25)28/h3-11H,12-13H2,1-2H3,(H2,25,28). The van der Waals surface area contributed by atoms with Crippen LogP contribution in [0.15, 0.2) is 59.5 Å². The fraction of sp³-hybridized carbons (Fsp3) is 0.174. The SMILES string of the molecule is Cc1cc(C(=O)COC(=O)c2ccccc2SCC(N)=O)c(C)n1-c1cccc(F)c1. The van der Waals surface area contributed by atoms with Crippen molar-refractivity contribution < 1.29 is 23.5 Å². The number of nitrogens with two attached hydrogens (primary N) is 1. The van der Waals surface area contributed by atoms with Crippen LogP contribution in [0.25, 0.3) is 5.69 Å². The zero-order valence-electron chi connectivity index (χ0n) is 17.1. The predicted octanol–water partition coefficient (Wildman–Crippen LogP) is 3.85. The molecule has 6 nitrogen and oxygen atoms in total. The highest BCUT2D eigenvalue weighted by molar-refractivity contribution is 8.00. The second-order valence-electron chi connectivity index (χ2n) is 6.85. The van der Waals surface area contributed by atoms with Crippen molar-refractivity contribution in [3.8, 4) is 5.69 Å². The number of hydrogen-bond donors (Lipinski definition) is 1. The summed E-state index contributed by atoms with van der Waals surface area (Å²) in [7, 11) is 0. The Labute approximate surface area is 183 Å². The summed E-state index contributed by atoms with van der Waals surface area (Å²) in [5.74, 6) is -1.89. The molecule has 2 N–H and O–H groups in total. The molecule has 0 aliphatic heterocycles. The largest absolute Gasteiger partial charge is 0.454 e. The fourth-order valence-electron chi connectivity index (χ4n) is 3.25. The van der Waals surface area contributed by atoms with E-state index in [0.29, 0.717) is 21.8 Å². The normalized spacial score (nSPS) is 10.7. The average molecular weight is 440 g/mol. The number of carbonyl (C=O) groups excluding carboxylic acids is 3. The van der Waals surface area contributed by atoms with Crippen LogP contribution < -0.4 is 5.73 Å². The third kappa shape index (κ3) is 5.21. The molecule has 0 bridgehead atoms. The van der Waals surface area contributed by atoms with Gasteiger partial charge in [-0.3, -0.25) is 9.59 Å². The van der Waals surface area contributed by atoms with Gasteiger partial charge in [0.05, 0.1) is 11.3 Å². The summed E-state index contributed by atoms with van der Waals surface area (Å²) in [6, 6.07) is 14.4. The number of Topliss-reactive ketones (excluding diaryl/α,β-unsaturated/α-hetero) is 1. The number of hydrogen-bond acceptors (Lipinski definition) is 5. The number of nitrogens with zero attached hydrogens (tertiary/aromatic N) is 1. The highest BCUT2D eigenvalue weighted by Gasteiger charge is 2.20. The number of thioether (sulfide) groups is 1. The van der Waals surface area contributed by atoms with Gasteiger partial charge in [-0.05, 0) is 50.2 Å². The highest BCUT2D eigenvalue weighted by atomic mass is 32.2. The van der Waals surface area contributed by atoms with Gasteiger partial charge in [0.1, 0.15) is 5.82 Å². The number of primary amides is 1. The zero-order valence-corrected chi connectivity index (χ0v) is 17.9. The first-order chi connectivity index (χ1) is 14.8. The first kappa shape index (κ1) is 22.3. The summed E-state index contributed by atoms with van der Waals surface area (Å²) in [5.41, 5.74) is 7.80. The number of ketones is 1. The minimum atomic E-state index is -0.667. The van der Waals surface area contributed by atoms with Gasteiger partial charge in [-0.15, -0.1) is 11.8 Å². The van der Waals surface area contributed by atoms with E-state index in [1.165, 1.54) is 12.1 Å². The topological polar surface area (TPSA) is 91.4 Å². The van der Waals surface area contributed by atoms with Crippen LogP contribution in [0.2, 0.25) is 0 Å². The van der Waals surface area contributed by atoms with Gasteiger partial charge in [0, 0.05) is 27.5 Å². The summed E-state index contributed by atoms with van der Waals surface area (Å²) in [6.07, 6.45) is 0. The fourth-order valence-corrected chi connectivity index (χ4v) is 4.03. The molecular formula is C23H21FN2O4S. The van der Waals surface area contributed by atoms with E-state index in [9.17, 15) is 18.8 Å². The van der Waals surface area contributed by atoms with E-state index >= 15 is 0 Å². The molecule has 0 radical (unpaired) electrons. The van der Waals surface area contributed by atoms with Crippen molar-refractivity contribution in [3.05, 3.63) is 82.9 Å². The Balaban J connectivity index is 1.74. The lowest BCUT2D eigenvalue weighted by Gasteiger charge is -2.10. The summed E-state index contributed by atoms with van der Waals surface area (Å²) < 4.78 is 20.6. The molecule has 0 aliphatic carbocycles. The van der Waals surface area contributed by atoms with Crippen LogP contribution in [0, 0.1) is 19.7 Å². The molecule has 0 saturated heterocycles. The van der Waals surface area contributed by atoms with Gasteiger partial charge in [0.25, 0.3) is 0 Å². The van der Waals surface area contributed by atoms with E-state index in [2.05, 4.69) is 0 Å². The molecule has 1 heterocycles. The minimum Gasteiger partial charge on any atom is -0.454 e. The van der Waals surface area contributed by atoms with Crippen molar-refractivity contribution in [2.75, 3.05) is 12.4 Å². The number of aryl methyl sites for hydroxylation is 1. The van der Waals surface area contributed by atoms with Crippen LogP contribution in [0.4, 0.5) is 4.39 Å². The molecule has 1 amide bonds. The highest BCUT2D eigenvalue weighted by Crippen LogP contribution is 2.24. The van der Waals surface area contributed by atoms with Crippen molar-refractivity contribution in [1.82, 2.24) is 4.57 Å². The van der Waals surface area contributed by atoms with Crippen molar-refractivity contribution in [2.45, 2.75) is 18.7 Å². The van der Waals surface area contributed by atoms with Crippen LogP contribution >= 0.6 is 11.8 Å². The molecule has 0 aliphatic rings. The van der Waals surface area contributed by atoms with E-state index in [-0.39, 0.29) is 22.9 Å². The molecule has 8 heteroatoms. The molecule has 3 rings (SSSR count). The van der Waals surface area contributed by atoms with E-state index in [1.807, 2.05) is 6.92 Å². The van der Waals surface area contributed by atoms with Crippen LogP contribution in [-0.4, -0.2) is 34.6 Å². The van der Waals surface area contributed by atoms with Gasteiger partial charge in [-0.25, -0.2) is 9.18 Å². The number of benzene rings is 2. The van der Waals surface area contributed by atoms with Gasteiger partial charge >= 0.3 is 5.97 Å². The van der Waals surface area contributed by atoms with Crippen molar-refractivity contribution in [1.29, 1.82) is 0 Å². The first-order valence-electron chi connectivity index (χ1n) is 9.43. The van der Waals surface area contributed by atoms with Gasteiger partial charge < -0.3 is 15.0 Å². The number of amides is 1. The molecule has 0 fully saturated rings. The third-order valence-electron chi connectivity index (χ3n) is 4.61. The molecule has 1 aromatic heterocycles. The molecule has 160 valence electrons. The van der Waals surface area contributed by atoms with Crippen LogP contribution in [0.3, 0.4) is 0 Å². The Morgan fingerprint density at radius 1 is 1.03 bits per heavy atom. The van der Waals surface area contributed by atoms with E-state index in [0.717, 1.165) is 17.5 Å². The number of rotatable bonds is 8. The van der Waals surface area contributed by atoms with Gasteiger partial charge in [-0.2, -0.15) is 0 Å². The Kier molecular flexibility index (Phi) is 6.91. The Bertz CT molecular complexity index is 1160. The van der Waals surface area contributed by atoms with Crippen LogP contribution in [0.5, 0.6) is 0 Å². The lowest BCUT2D eigenvalue weighted by Crippen LogP contribution is -2.16. The van der Waals surface area contributed by atoms with Gasteiger partial charge in [0.15, 0.2) is 6.61 Å². The minimum absolute atomic E-state index is 0.0231. The third-order valence-corrected chi connectivity index (χ3v) is 5.71. The van der Waals surface area contributed by atoms with Gasteiger partial charge in [0.2, 0.25) is 11.7 Å². The summed E-state index contributed by atoms with van der Waals surface area (Å²) >= 11 is 1.13. The number of aromatic nitrogens is 1. The summed E-state index contributed by atoms with van der Waals surface area (Å²) in [6.45, 7) is 3.12. The van der Waals surface area contributed by atoms with Crippen molar-refractivity contribution in [2.24, 2.45) is 5.73 Å². The Morgan fingerprint density at radius 2 is 1.77 bits per heavy atom. The zero-order chi connectivity index (χ0) is 22.5. The van der Waals surface area contributed by atoms with E-state index in [1.54, 1.807) is 54.0 Å². The lowest BCUT2D eigenvalue weighted by molar-refractivity contribution is -0.115. The maximum Gasteiger partial charge on any atom is 0.339 e. The second-order valence-corrected chi connectivity index (χ2v) is 7.87. The van der Waals surface area contributed by atoms with E-state index in [4.69, 9.17) is 10.5 Å². The Morgan fingerprint density at radius 3 is 2.48 bits per heavy atom. The number of halogens is 1. The molecule has 0 unspecified atom stereocenters. The summed E-state index contributed by atoms with van der Waals surface area (Å²) in [5, 5.41) is 0. The monoisotopic (exact) mass is 440 g/mol. The van der Waals surface area contributed by atoms with Crippen molar-refractivity contribution >= 4 is 29.4 Å². The van der Waals surface area contributed by atoms with Crippen molar-refractivity contribution in [3.63, 3.8) is 0 Å². The van der Waals surface area contributed by atoms with Gasteiger partial charge in [-0.1, -0.05) is 18.2 Å². The number of carbonyl (C=O) groups is 3. The summed E-state index contributed by atoms with van der Waals surface area (Å²) in [4.78, 5) is 36.8. The second kappa shape index (κ2) is 9.61. The number of esters is 1. The molecule has 2 aromatic carbocycles. The van der Waals surface area contributed by atoms with Crippen LogP contribution in [-0.2, 0) is 9.53 Å². The maximum absolute atomic E-state index is 13.6. The molecule has 3 aromatic rings. The lowest BCUT2D eigenvalue weighted by atomic mass is 10.1. The molecule has 0 spiro atoms. The maximum atomic E-state index is 13.6. The molecule has 31 heavy (non-hydrogen) atoms. The molecule has 0 saturated carbocycles. The average Bonchev–Trinajstić information content (AvgIpc) is 3.04. The predicted molar refractivity (Wildman–Crippen MR) is 116 cm³/mol. The molecular weight excluding hydrogens is 419 g/mol. The molecule has 0 atom stereocenters. The quantitative estimate of drug-likeness (QED) is 0.326. The van der Waals surface area contributed by atoms with Crippen LogP contribution in [0.1, 0.15) is 32.1 Å². The van der Waals surface area contributed by atoms with E-state index < -0.39 is 18.5 Å². The number of ether oxygens (including phenoxy) is 1.